The molecule has 0 saturated carbocycles. The maximum absolute atomic E-state index is 13.3. The highest BCUT2D eigenvalue weighted by molar-refractivity contribution is 6.01. The second-order valence-electron chi connectivity index (χ2n) is 7.07. The lowest BCUT2D eigenvalue weighted by Crippen LogP contribution is -2.44. The van der Waals surface area contributed by atoms with Crippen molar-refractivity contribution in [1.82, 2.24) is 9.47 Å². The van der Waals surface area contributed by atoms with Gasteiger partial charge in [0.15, 0.2) is 0 Å². The zero-order chi connectivity index (χ0) is 19.7. The zero-order valence-electron chi connectivity index (χ0n) is 16.0. The third-order valence-corrected chi connectivity index (χ3v) is 5.49. The number of fused-ring (bicyclic) bond motifs is 1. The molecule has 1 N–H and O–H groups in total. The number of para-hydroxylation sites is 1. The van der Waals surface area contributed by atoms with E-state index in [1.165, 1.54) is 5.56 Å². The van der Waals surface area contributed by atoms with Gasteiger partial charge in [0.05, 0.1) is 5.56 Å². The summed E-state index contributed by atoms with van der Waals surface area (Å²) in [5.41, 5.74) is 5.22. The summed E-state index contributed by atoms with van der Waals surface area (Å²) in [5, 5.41) is 12.9. The van der Waals surface area contributed by atoms with E-state index in [-0.39, 0.29) is 12.1 Å². The van der Waals surface area contributed by atoms with Crippen molar-refractivity contribution >= 4 is 11.6 Å². The predicted molar refractivity (Wildman–Crippen MR) is 109 cm³/mol. The van der Waals surface area contributed by atoms with Gasteiger partial charge in [-0.25, -0.2) is 0 Å². The fourth-order valence-electron chi connectivity index (χ4n) is 3.77. The van der Waals surface area contributed by atoms with Crippen molar-refractivity contribution < 1.29 is 4.79 Å². The van der Waals surface area contributed by atoms with Crippen molar-refractivity contribution in [2.75, 3.05) is 11.9 Å². The van der Waals surface area contributed by atoms with Gasteiger partial charge in [0.1, 0.15) is 17.9 Å². The molecule has 0 bridgehead atoms. The second kappa shape index (κ2) is 7.24. The Morgan fingerprint density at radius 1 is 1.11 bits per heavy atom. The molecule has 1 aliphatic rings. The molecule has 4 rings (SSSR count). The van der Waals surface area contributed by atoms with Crippen molar-refractivity contribution in [2.45, 2.75) is 19.5 Å². The molecule has 2 aromatic carbocycles. The van der Waals surface area contributed by atoms with Gasteiger partial charge < -0.3 is 14.8 Å². The van der Waals surface area contributed by atoms with Gasteiger partial charge in [-0.05, 0) is 37.1 Å². The molecule has 1 atom stereocenters. The standard InChI is InChI=1S/C23H22N4O/c1-16-20(14-18(15-24)26(16)2)22-25-21-11-7-6-10-19(21)23(28)27(22)13-12-17-8-4-3-5-9-17/h3-11,14,22,25H,12-13H2,1-2H3/t22-/m1/s1. The third kappa shape index (κ3) is 3.03. The van der Waals surface area contributed by atoms with Gasteiger partial charge in [-0.1, -0.05) is 42.5 Å². The number of benzene rings is 2. The van der Waals surface area contributed by atoms with Crippen LogP contribution in [0, 0.1) is 18.3 Å². The highest BCUT2D eigenvalue weighted by atomic mass is 16.2. The number of amides is 1. The zero-order valence-corrected chi connectivity index (χ0v) is 16.0. The van der Waals surface area contributed by atoms with E-state index >= 15 is 0 Å². The molecule has 0 saturated heterocycles. The Hall–Kier alpha value is -3.52. The molecule has 5 nitrogen and oxygen atoms in total. The lowest BCUT2D eigenvalue weighted by Gasteiger charge is -2.38. The van der Waals surface area contributed by atoms with Crippen LogP contribution < -0.4 is 5.32 Å². The summed E-state index contributed by atoms with van der Waals surface area (Å²) in [6.07, 6.45) is 0.462. The largest absolute Gasteiger partial charge is 0.361 e. The summed E-state index contributed by atoms with van der Waals surface area (Å²) < 4.78 is 1.87. The number of nitrogens with one attached hydrogen (secondary N) is 1. The van der Waals surface area contributed by atoms with Gasteiger partial charge >= 0.3 is 0 Å². The first-order chi connectivity index (χ1) is 13.6. The third-order valence-electron chi connectivity index (χ3n) is 5.49. The minimum absolute atomic E-state index is 0.0111. The Labute approximate surface area is 164 Å². The molecule has 0 unspecified atom stereocenters. The minimum atomic E-state index is -0.306. The average molecular weight is 370 g/mol. The van der Waals surface area contributed by atoms with Crippen LogP contribution in [0.2, 0.25) is 0 Å². The van der Waals surface area contributed by atoms with E-state index in [1.54, 1.807) is 0 Å². The molecule has 1 amide bonds. The number of nitriles is 1. The highest BCUT2D eigenvalue weighted by Gasteiger charge is 2.34. The number of rotatable bonds is 4. The molecule has 3 aromatic rings. The Morgan fingerprint density at radius 3 is 2.54 bits per heavy atom. The summed E-state index contributed by atoms with van der Waals surface area (Å²) in [6.45, 7) is 2.57. The Kier molecular flexibility index (Phi) is 4.62. The summed E-state index contributed by atoms with van der Waals surface area (Å²) in [4.78, 5) is 15.2. The van der Waals surface area contributed by atoms with Gasteiger partial charge in [0, 0.05) is 30.5 Å². The molecule has 0 aliphatic carbocycles. The molecule has 5 heteroatoms. The molecule has 140 valence electrons. The maximum Gasteiger partial charge on any atom is 0.257 e. The van der Waals surface area contributed by atoms with Crippen LogP contribution in [-0.2, 0) is 13.5 Å². The van der Waals surface area contributed by atoms with E-state index < -0.39 is 0 Å². The van der Waals surface area contributed by atoms with Gasteiger partial charge in [0.2, 0.25) is 0 Å². The van der Waals surface area contributed by atoms with E-state index in [0.717, 1.165) is 23.4 Å². The van der Waals surface area contributed by atoms with E-state index in [4.69, 9.17) is 0 Å². The van der Waals surface area contributed by atoms with E-state index in [1.807, 2.05) is 72.0 Å². The summed E-state index contributed by atoms with van der Waals surface area (Å²) >= 11 is 0. The average Bonchev–Trinajstić information content (AvgIpc) is 3.02. The normalized spacial score (nSPS) is 15.7. The molecule has 1 aromatic heterocycles. The smallest absolute Gasteiger partial charge is 0.257 e. The van der Waals surface area contributed by atoms with Crippen molar-refractivity contribution in [3.8, 4) is 6.07 Å². The fourth-order valence-corrected chi connectivity index (χ4v) is 3.77. The van der Waals surface area contributed by atoms with Crippen molar-refractivity contribution in [3.05, 3.63) is 88.7 Å². The lowest BCUT2D eigenvalue weighted by atomic mass is 10.0. The molecule has 2 heterocycles. The molecular weight excluding hydrogens is 348 g/mol. The topological polar surface area (TPSA) is 61.1 Å². The van der Waals surface area contributed by atoms with E-state index in [0.29, 0.717) is 17.8 Å². The maximum atomic E-state index is 13.3. The van der Waals surface area contributed by atoms with Crippen LogP contribution in [0.25, 0.3) is 0 Å². The molecular formula is C23H22N4O. The van der Waals surface area contributed by atoms with Crippen molar-refractivity contribution in [1.29, 1.82) is 5.26 Å². The van der Waals surface area contributed by atoms with E-state index in [9.17, 15) is 10.1 Å². The lowest BCUT2D eigenvalue weighted by molar-refractivity contribution is 0.0685. The van der Waals surface area contributed by atoms with Crippen LogP contribution in [-0.4, -0.2) is 21.9 Å². The Bertz CT molecular complexity index is 1060. The SMILES string of the molecule is Cc1c([C@@H]2Nc3ccccc3C(=O)N2CCc2ccccc2)cc(C#N)n1C. The summed E-state index contributed by atoms with van der Waals surface area (Å²) in [5.74, 6) is 0.0111. The number of hydrogen-bond donors (Lipinski definition) is 1. The summed E-state index contributed by atoms with van der Waals surface area (Å²) in [6, 6.07) is 21.9. The van der Waals surface area contributed by atoms with Crippen LogP contribution in [0.1, 0.15) is 39.0 Å². The fraction of sp³-hybridized carbons (Fsp3) is 0.217. The highest BCUT2D eigenvalue weighted by Crippen LogP contribution is 2.35. The first-order valence-electron chi connectivity index (χ1n) is 9.37. The number of anilines is 1. The van der Waals surface area contributed by atoms with Crippen LogP contribution in [0.3, 0.4) is 0 Å². The van der Waals surface area contributed by atoms with Crippen molar-refractivity contribution in [3.63, 3.8) is 0 Å². The van der Waals surface area contributed by atoms with Crippen LogP contribution in [0.4, 0.5) is 5.69 Å². The first-order valence-corrected chi connectivity index (χ1v) is 9.37. The molecule has 0 spiro atoms. The number of carbonyl (C=O) groups excluding carboxylic acids is 1. The number of carbonyl (C=O) groups is 1. The van der Waals surface area contributed by atoms with Crippen LogP contribution in [0.5, 0.6) is 0 Å². The predicted octanol–water partition coefficient (Wildman–Crippen LogP) is 4.01. The van der Waals surface area contributed by atoms with Crippen LogP contribution in [0.15, 0.2) is 60.7 Å². The minimum Gasteiger partial charge on any atom is -0.361 e. The Balaban J connectivity index is 1.73. The van der Waals surface area contributed by atoms with E-state index in [2.05, 4.69) is 23.5 Å². The number of aromatic nitrogens is 1. The number of hydrogen-bond acceptors (Lipinski definition) is 3. The van der Waals surface area contributed by atoms with Gasteiger partial charge in [-0.15, -0.1) is 0 Å². The quantitative estimate of drug-likeness (QED) is 0.755. The number of nitrogens with zero attached hydrogens (tertiary/aromatic N) is 3. The molecule has 0 fully saturated rings. The van der Waals surface area contributed by atoms with Crippen LogP contribution >= 0.6 is 0 Å². The van der Waals surface area contributed by atoms with Gasteiger partial charge in [-0.3, -0.25) is 4.79 Å². The summed E-state index contributed by atoms with van der Waals surface area (Å²) in [7, 11) is 1.88. The molecule has 0 radical (unpaired) electrons. The molecule has 28 heavy (non-hydrogen) atoms. The van der Waals surface area contributed by atoms with Crippen molar-refractivity contribution in [2.24, 2.45) is 7.05 Å². The van der Waals surface area contributed by atoms with Gasteiger partial charge in [-0.2, -0.15) is 5.26 Å². The second-order valence-corrected chi connectivity index (χ2v) is 7.07. The monoisotopic (exact) mass is 370 g/mol. The molecule has 1 aliphatic heterocycles. The Morgan fingerprint density at radius 2 is 1.82 bits per heavy atom. The van der Waals surface area contributed by atoms with Gasteiger partial charge in [0.25, 0.3) is 5.91 Å². The first kappa shape index (κ1) is 17.9.